The number of halogens is 2. The van der Waals surface area contributed by atoms with Crippen LogP contribution in [0.2, 0.25) is 5.15 Å². The average molecular weight is 924 g/mol. The molecule has 3 saturated carbocycles. The van der Waals surface area contributed by atoms with Gasteiger partial charge in [0.05, 0.1) is 50.2 Å². The van der Waals surface area contributed by atoms with Crippen LogP contribution in [-0.2, 0) is 5.33 Å². The molecule has 3 aromatic carbocycles. The van der Waals surface area contributed by atoms with Gasteiger partial charge in [-0.05, 0) is 133 Å². The van der Waals surface area contributed by atoms with E-state index in [9.17, 15) is 0 Å². The Hall–Kier alpha value is -3.99. The molecule has 332 valence electrons. The van der Waals surface area contributed by atoms with Gasteiger partial charge in [0.2, 0.25) is 0 Å². The Morgan fingerprint density at radius 1 is 0.532 bits per heavy atom. The van der Waals surface area contributed by atoms with Crippen LogP contribution in [0.5, 0.6) is 0 Å². The van der Waals surface area contributed by atoms with E-state index in [0.717, 1.165) is 118 Å². The molecule has 0 unspecified atom stereocenters. The number of fused-ring (bicyclic) bond motifs is 3. The quantitative estimate of drug-likeness (QED) is 0.120. The van der Waals surface area contributed by atoms with Crippen LogP contribution in [0, 0.1) is 31.6 Å². The fourth-order valence-corrected chi connectivity index (χ4v) is 9.63. The van der Waals surface area contributed by atoms with Crippen molar-refractivity contribution in [2.24, 2.45) is 17.8 Å². The van der Waals surface area contributed by atoms with Gasteiger partial charge in [0.1, 0.15) is 0 Å². The van der Waals surface area contributed by atoms with E-state index < -0.39 is 0 Å². The van der Waals surface area contributed by atoms with E-state index in [0.29, 0.717) is 5.15 Å². The maximum absolute atomic E-state index is 5.81. The summed E-state index contributed by atoms with van der Waals surface area (Å²) in [4.78, 5) is 32.5. The van der Waals surface area contributed by atoms with Gasteiger partial charge in [-0.2, -0.15) is 0 Å². The first kappa shape index (κ1) is 47.5. The van der Waals surface area contributed by atoms with Gasteiger partial charge in [-0.1, -0.05) is 109 Å². The Morgan fingerprint density at radius 3 is 1.37 bits per heavy atom. The molecule has 11 heteroatoms. The minimum absolute atomic E-state index is 0.480. The number of anilines is 2. The molecule has 0 amide bonds. The molecule has 0 bridgehead atoms. The van der Waals surface area contributed by atoms with E-state index in [-0.39, 0.29) is 0 Å². The number of aromatic nitrogens is 6. The molecule has 0 saturated heterocycles. The summed E-state index contributed by atoms with van der Waals surface area (Å²) >= 11 is 9.39. The first-order valence-electron chi connectivity index (χ1n) is 23.4. The monoisotopic (exact) mass is 921 g/mol. The highest BCUT2D eigenvalue weighted by Crippen LogP contribution is 2.30. The van der Waals surface area contributed by atoms with Crippen LogP contribution in [0.25, 0.3) is 33.1 Å². The van der Waals surface area contributed by atoms with Gasteiger partial charge in [0, 0.05) is 31.5 Å². The lowest BCUT2D eigenvalue weighted by atomic mass is 10.1. The minimum Gasteiger partial charge on any atom is -0.355 e. The third-order valence-corrected chi connectivity index (χ3v) is 13.5. The summed E-state index contributed by atoms with van der Waals surface area (Å²) in [7, 11) is 0. The van der Waals surface area contributed by atoms with Crippen molar-refractivity contribution in [1.29, 1.82) is 0 Å². The number of hydrogen-bond acceptors (Lipinski definition) is 9. The zero-order chi connectivity index (χ0) is 43.7. The van der Waals surface area contributed by atoms with Gasteiger partial charge in [-0.25, -0.2) is 29.9 Å². The highest BCUT2D eigenvalue weighted by Gasteiger charge is 2.22. The van der Waals surface area contributed by atoms with Crippen LogP contribution in [0.3, 0.4) is 0 Å². The maximum atomic E-state index is 5.81. The van der Waals surface area contributed by atoms with Crippen LogP contribution in [0.4, 0.5) is 11.6 Å². The number of hydrogen-bond donors (Lipinski definition) is 1. The van der Waals surface area contributed by atoms with Crippen molar-refractivity contribution < 1.29 is 0 Å². The SMILES string of the molecule is CCN(CC1CCCC1)c1nc2ccccc2nc1C.CCN(CC1CCCC1)c1nc2ccccc2nc1CBr.CCNCC1CCCC1.Cc1nc2ccccc2nc1Cl. The molecule has 0 spiro atoms. The molecule has 62 heavy (non-hydrogen) atoms. The smallest absolute Gasteiger partial charge is 0.151 e. The van der Waals surface area contributed by atoms with Crippen LogP contribution in [0.1, 0.15) is 115 Å². The number of nitrogens with one attached hydrogen (secondary N) is 1. The molecule has 6 aromatic rings. The second-order valence-corrected chi connectivity index (χ2v) is 18.1. The summed E-state index contributed by atoms with van der Waals surface area (Å²) in [6, 6.07) is 23.9. The number of alkyl halides is 1. The Morgan fingerprint density at radius 2 is 0.919 bits per heavy atom. The Kier molecular flexibility index (Phi) is 19.0. The molecular weight excluding hydrogens is 854 g/mol. The van der Waals surface area contributed by atoms with Gasteiger partial charge < -0.3 is 15.1 Å². The summed E-state index contributed by atoms with van der Waals surface area (Å²) in [6.07, 6.45) is 16.9. The summed E-state index contributed by atoms with van der Waals surface area (Å²) < 4.78 is 0. The molecule has 3 aliphatic rings. The van der Waals surface area contributed by atoms with E-state index in [1.54, 1.807) is 0 Å². The van der Waals surface area contributed by atoms with Crippen molar-refractivity contribution in [2.75, 3.05) is 49.1 Å². The second-order valence-electron chi connectivity index (χ2n) is 17.2. The number of nitrogens with zero attached hydrogens (tertiary/aromatic N) is 8. The predicted molar refractivity (Wildman–Crippen MR) is 266 cm³/mol. The fourth-order valence-electron chi connectivity index (χ4n) is 9.12. The predicted octanol–water partition coefficient (Wildman–Crippen LogP) is 12.9. The first-order chi connectivity index (χ1) is 30.3. The molecule has 0 aliphatic heterocycles. The van der Waals surface area contributed by atoms with Gasteiger partial charge >= 0.3 is 0 Å². The first-order valence-corrected chi connectivity index (χ1v) is 24.9. The van der Waals surface area contributed by atoms with Crippen molar-refractivity contribution in [2.45, 2.75) is 117 Å². The number of para-hydroxylation sites is 6. The fraction of sp³-hybridized carbons (Fsp3) is 0.529. The molecule has 0 radical (unpaired) electrons. The second kappa shape index (κ2) is 24.7. The normalized spacial score (nSPS) is 15.5. The number of rotatable bonds is 12. The molecule has 3 aliphatic carbocycles. The van der Waals surface area contributed by atoms with Crippen molar-refractivity contribution >= 4 is 72.3 Å². The van der Waals surface area contributed by atoms with Gasteiger partial charge in [-0.3, -0.25) is 0 Å². The zero-order valence-corrected chi connectivity index (χ0v) is 40.3. The Balaban J connectivity index is 0.000000145. The van der Waals surface area contributed by atoms with E-state index in [2.05, 4.69) is 74.8 Å². The van der Waals surface area contributed by atoms with Crippen molar-refractivity contribution in [3.05, 3.63) is 95.0 Å². The maximum Gasteiger partial charge on any atom is 0.151 e. The van der Waals surface area contributed by atoms with Crippen LogP contribution >= 0.6 is 27.5 Å². The Bertz CT molecular complexity index is 2230. The third kappa shape index (κ3) is 13.5. The summed E-state index contributed by atoms with van der Waals surface area (Å²) in [5, 5.41) is 4.62. The van der Waals surface area contributed by atoms with Gasteiger partial charge in [-0.15, -0.1) is 0 Å². The highest BCUT2D eigenvalue weighted by atomic mass is 79.9. The van der Waals surface area contributed by atoms with E-state index in [1.807, 2.05) is 73.7 Å². The van der Waals surface area contributed by atoms with Gasteiger partial charge in [0.25, 0.3) is 0 Å². The lowest BCUT2D eigenvalue weighted by Crippen LogP contribution is -2.30. The molecule has 3 fully saturated rings. The zero-order valence-electron chi connectivity index (χ0n) is 37.9. The Labute approximate surface area is 384 Å². The van der Waals surface area contributed by atoms with E-state index >= 15 is 0 Å². The molecular formula is C51H69BrClN9. The molecule has 3 heterocycles. The molecule has 0 atom stereocenters. The molecule has 1 N–H and O–H groups in total. The van der Waals surface area contributed by atoms with E-state index in [1.165, 1.54) is 83.6 Å². The third-order valence-electron chi connectivity index (χ3n) is 12.6. The summed E-state index contributed by atoms with van der Waals surface area (Å²) in [5.74, 6) is 4.78. The van der Waals surface area contributed by atoms with Crippen molar-refractivity contribution in [1.82, 2.24) is 35.2 Å². The standard InChI is InChI=1S/C17H22BrN3.C17H23N3.C9H7ClN2.C8H17N/c1-2-21(12-13-7-3-4-8-13)17-16(11-18)19-14-9-5-6-10-15(14)20-17;1-3-20(12-14-8-4-5-9-14)17-13(2)18-15-10-6-7-11-16(15)19-17;1-6-9(10)12-8-5-3-2-4-7(8)11-6;1-2-9-7-8-5-3-4-6-8/h5-6,9-10,13H,2-4,7-8,11-12H2,1H3;6-7,10-11,14H,3-5,8-9,12H2,1-2H3;2-5H,1H3;8-9H,2-7H2,1H3. The topological polar surface area (TPSA) is 95.9 Å². The number of aryl methyl sites for hydroxylation is 2. The number of benzene rings is 3. The molecule has 3 aromatic heterocycles. The molecule has 9 nitrogen and oxygen atoms in total. The molecule has 9 rings (SSSR count). The highest BCUT2D eigenvalue weighted by molar-refractivity contribution is 9.08. The van der Waals surface area contributed by atoms with Gasteiger partial charge in [0.15, 0.2) is 16.8 Å². The van der Waals surface area contributed by atoms with Crippen LogP contribution in [-0.4, -0.2) is 69.2 Å². The lowest BCUT2D eigenvalue weighted by Gasteiger charge is -2.27. The summed E-state index contributed by atoms with van der Waals surface area (Å²) in [6.45, 7) is 17.2. The van der Waals surface area contributed by atoms with Crippen LogP contribution in [0.15, 0.2) is 72.8 Å². The largest absolute Gasteiger partial charge is 0.355 e. The van der Waals surface area contributed by atoms with Crippen molar-refractivity contribution in [3.8, 4) is 0 Å². The average Bonchev–Trinajstić information content (AvgIpc) is 4.13. The van der Waals surface area contributed by atoms with E-state index in [4.69, 9.17) is 31.5 Å². The summed E-state index contributed by atoms with van der Waals surface area (Å²) in [5.41, 5.74) is 8.55. The lowest BCUT2D eigenvalue weighted by molar-refractivity contribution is 0.498. The van der Waals surface area contributed by atoms with Crippen LogP contribution < -0.4 is 15.1 Å². The van der Waals surface area contributed by atoms with Crippen molar-refractivity contribution in [3.63, 3.8) is 0 Å². The minimum atomic E-state index is 0.480.